The average molecular weight is 788 g/mol. The third kappa shape index (κ3) is 10.3. The van der Waals surface area contributed by atoms with Crippen molar-refractivity contribution < 1.29 is 49.8 Å². The normalized spacial score (nSPS) is 11.4. The lowest BCUT2D eigenvalue weighted by molar-refractivity contribution is -0.138. The molecule has 0 saturated carbocycles. The van der Waals surface area contributed by atoms with Gasteiger partial charge in [-0.3, -0.25) is 14.8 Å². The van der Waals surface area contributed by atoms with Gasteiger partial charge in [0.2, 0.25) is 28.5 Å². The highest BCUT2D eigenvalue weighted by atomic mass is 32.2. The summed E-state index contributed by atoms with van der Waals surface area (Å²) in [6, 6.07) is 5.29. The van der Waals surface area contributed by atoms with Gasteiger partial charge >= 0.3 is 12.2 Å². The van der Waals surface area contributed by atoms with Crippen LogP contribution in [-0.4, -0.2) is 97.4 Å². The van der Waals surface area contributed by atoms with Crippen molar-refractivity contribution >= 4 is 44.9 Å². The van der Waals surface area contributed by atoms with Crippen LogP contribution in [-0.2, 0) is 35.1 Å². The number of hydrogen-bond donors (Lipinski definition) is 2. The zero-order chi connectivity index (χ0) is 39.1. The van der Waals surface area contributed by atoms with Crippen LogP contribution in [0.15, 0.2) is 41.6 Å². The molecule has 2 N–H and O–H groups in total. The molecule has 1 aromatic carbocycles. The van der Waals surface area contributed by atoms with Crippen LogP contribution in [0.3, 0.4) is 0 Å². The Bertz CT molecular complexity index is 2140. The van der Waals surface area contributed by atoms with Crippen molar-refractivity contribution in [2.45, 2.75) is 31.1 Å². The molecule has 284 valence electrons. The zero-order valence-corrected chi connectivity index (χ0v) is 30.0. The second-order valence-electron chi connectivity index (χ2n) is 10.4. The number of tetrazole rings is 1. The number of rotatable bonds is 11. The molecule has 0 bridgehead atoms. The third-order valence-corrected chi connectivity index (χ3v) is 8.62. The van der Waals surface area contributed by atoms with Gasteiger partial charge in [-0.1, -0.05) is 16.4 Å². The van der Waals surface area contributed by atoms with E-state index in [4.69, 9.17) is 14.2 Å². The van der Waals surface area contributed by atoms with Gasteiger partial charge in [-0.2, -0.15) is 41.5 Å². The number of ether oxygens (including phenoxy) is 3. The molecule has 0 unspecified atom stereocenters. The molecule has 0 radical (unpaired) electrons. The molecule has 4 aromatic heterocycles. The quantitative estimate of drug-likeness (QED) is 0.183. The highest BCUT2D eigenvalue weighted by Crippen LogP contribution is 2.34. The van der Waals surface area contributed by atoms with Crippen LogP contribution in [0, 0.1) is 5.82 Å². The molecular weight excluding hydrogens is 759 g/mol. The highest BCUT2D eigenvalue weighted by Gasteiger charge is 2.36. The Balaban J connectivity index is 0.000000241. The van der Waals surface area contributed by atoms with Gasteiger partial charge in [0.25, 0.3) is 21.1 Å². The van der Waals surface area contributed by atoms with E-state index >= 15 is 0 Å². The second-order valence-corrected chi connectivity index (χ2v) is 13.0. The number of nitrogens with zero attached hydrogens (tertiary/aromatic N) is 11. The van der Waals surface area contributed by atoms with Crippen molar-refractivity contribution in [2.75, 3.05) is 31.0 Å². The summed E-state index contributed by atoms with van der Waals surface area (Å²) in [5, 5.41) is 21.9. The molecule has 0 aliphatic heterocycles. The molecule has 20 nitrogen and oxygen atoms in total. The first-order chi connectivity index (χ1) is 24.9. The maximum Gasteiger partial charge on any atom is 0.445 e. The van der Waals surface area contributed by atoms with Gasteiger partial charge in [-0.15, -0.1) is 15.3 Å². The summed E-state index contributed by atoms with van der Waals surface area (Å²) in [6.07, 6.45) is -3.36. The van der Waals surface area contributed by atoms with Crippen LogP contribution < -0.4 is 29.1 Å². The number of sulfonamides is 1. The summed E-state index contributed by atoms with van der Waals surface area (Å²) in [4.78, 5) is 34.8. The van der Waals surface area contributed by atoms with E-state index in [2.05, 4.69) is 46.0 Å². The molecule has 0 aliphatic carbocycles. The van der Waals surface area contributed by atoms with Crippen molar-refractivity contribution in [3.8, 4) is 28.3 Å². The number of alkyl halides is 3. The number of aromatic nitrogens is 10. The first kappa shape index (κ1) is 39.7. The zero-order valence-electron chi connectivity index (χ0n) is 28.4. The fourth-order valence-electron chi connectivity index (χ4n) is 4.16. The Labute approximate surface area is 301 Å². The molecule has 26 heteroatoms. The Kier molecular flexibility index (Phi) is 12.4. The van der Waals surface area contributed by atoms with Crippen molar-refractivity contribution in [3.63, 3.8) is 0 Å². The lowest BCUT2D eigenvalue weighted by atomic mass is 10.2. The molecule has 0 atom stereocenters. The molecule has 0 saturated heterocycles. The van der Waals surface area contributed by atoms with E-state index in [9.17, 15) is 35.6 Å². The van der Waals surface area contributed by atoms with Crippen LogP contribution in [0.4, 0.5) is 34.0 Å². The van der Waals surface area contributed by atoms with Crippen LogP contribution in [0.2, 0.25) is 0 Å². The van der Waals surface area contributed by atoms with Crippen molar-refractivity contribution in [1.82, 2.24) is 54.9 Å². The van der Waals surface area contributed by atoms with Crippen LogP contribution >= 0.6 is 11.3 Å². The molecule has 0 aliphatic rings. The van der Waals surface area contributed by atoms with Gasteiger partial charge in [0.1, 0.15) is 5.82 Å². The summed E-state index contributed by atoms with van der Waals surface area (Å²) in [5.41, 5.74) is 0.522. The monoisotopic (exact) mass is 787 g/mol. The number of anilines is 2. The number of amides is 3. The van der Waals surface area contributed by atoms with E-state index in [1.165, 1.54) is 69.7 Å². The largest absolute Gasteiger partial charge is 0.481 e. The Morgan fingerprint density at radius 1 is 1.02 bits per heavy atom. The maximum atomic E-state index is 13.0. The standard InChI is InChI=1S/C14H13F4N3O2S.C13H16N10O5S/c1-8(2)21(10-5-3-9(15)4-6-10)11(22)7-23-13-20-19-12(24-13)14(16,17)18;1-22-11(7(6-14-22)10-18-21-23(2)19-10)29(25,26)20-13(24)17-12-15-8(27-3)5-9(16-12)28-4/h3-6,8H,7H2,1-2H3;5-6H,1-4H3,(H2,15,16,17,20,24). The summed E-state index contributed by atoms with van der Waals surface area (Å²) >= 11 is 0.210. The van der Waals surface area contributed by atoms with Gasteiger partial charge < -0.3 is 19.1 Å². The van der Waals surface area contributed by atoms with E-state index in [1.54, 1.807) is 13.8 Å². The molecule has 53 heavy (non-hydrogen) atoms. The molecule has 0 fully saturated rings. The number of carbonyl (C=O) groups is 2. The number of carbonyl (C=O) groups excluding carboxylic acids is 2. The number of methoxy groups -OCH3 is 2. The van der Waals surface area contributed by atoms with E-state index in [0.717, 1.165) is 9.48 Å². The highest BCUT2D eigenvalue weighted by molar-refractivity contribution is 7.90. The topological polar surface area (TPSA) is 236 Å². The van der Waals surface area contributed by atoms with Gasteiger partial charge in [-0.25, -0.2) is 13.9 Å². The fraction of sp³-hybridized carbons (Fsp3) is 0.333. The smallest absolute Gasteiger partial charge is 0.445 e. The number of hydrogen-bond acceptors (Lipinski definition) is 16. The van der Waals surface area contributed by atoms with Gasteiger partial charge in [-0.05, 0) is 43.3 Å². The van der Waals surface area contributed by atoms with Crippen LogP contribution in [0.25, 0.3) is 11.4 Å². The maximum absolute atomic E-state index is 13.0. The predicted octanol–water partition coefficient (Wildman–Crippen LogP) is 2.44. The summed E-state index contributed by atoms with van der Waals surface area (Å²) in [6.45, 7) is 2.98. The van der Waals surface area contributed by atoms with Crippen LogP contribution in [0.5, 0.6) is 17.0 Å². The van der Waals surface area contributed by atoms with E-state index in [-0.39, 0.29) is 56.7 Å². The Hall–Kier alpha value is -6.05. The average Bonchev–Trinajstić information content (AvgIpc) is 3.84. The van der Waals surface area contributed by atoms with Gasteiger partial charge in [0.05, 0.1) is 39.1 Å². The van der Waals surface area contributed by atoms with Crippen molar-refractivity contribution in [1.29, 1.82) is 0 Å². The predicted molar refractivity (Wildman–Crippen MR) is 175 cm³/mol. The SMILES string of the molecule is CC(C)N(C(=O)COc1nnc(C(F)(F)F)s1)c1ccc(F)cc1.COc1cc(OC)nc(NC(=O)NS(=O)(=O)c2c(-c3nnn(C)n3)cnn2C)n1. The molecule has 4 heterocycles. The number of urea groups is 1. The molecule has 5 aromatic rings. The van der Waals surface area contributed by atoms with Gasteiger partial charge in [0.15, 0.2) is 11.6 Å². The summed E-state index contributed by atoms with van der Waals surface area (Å²) < 4.78 is 93.7. The Morgan fingerprint density at radius 3 is 2.19 bits per heavy atom. The van der Waals surface area contributed by atoms with Gasteiger partial charge in [0, 0.05) is 18.8 Å². The summed E-state index contributed by atoms with van der Waals surface area (Å²) in [7, 11) is 1.27. The van der Waals surface area contributed by atoms with Crippen molar-refractivity contribution in [3.05, 3.63) is 47.4 Å². The molecule has 5 rings (SSSR count). The molecule has 0 spiro atoms. The minimum Gasteiger partial charge on any atom is -0.481 e. The van der Waals surface area contributed by atoms with E-state index in [0.29, 0.717) is 5.69 Å². The minimum absolute atomic E-state index is 0.0299. The van der Waals surface area contributed by atoms with E-state index < -0.39 is 45.6 Å². The lowest BCUT2D eigenvalue weighted by Gasteiger charge is -2.26. The second kappa shape index (κ2) is 16.5. The summed E-state index contributed by atoms with van der Waals surface area (Å²) in [5.74, 6) is -0.924. The third-order valence-electron chi connectivity index (χ3n) is 6.30. The molecular formula is C27H29F4N13O7S2. The number of benzene rings is 1. The number of aryl methyl sites for hydroxylation is 2. The van der Waals surface area contributed by atoms with Crippen LogP contribution in [0.1, 0.15) is 18.9 Å². The molecule has 3 amide bonds. The number of nitrogens with one attached hydrogen (secondary N) is 2. The van der Waals surface area contributed by atoms with Crippen molar-refractivity contribution in [2.24, 2.45) is 14.1 Å². The first-order valence-corrected chi connectivity index (χ1v) is 16.9. The first-order valence-electron chi connectivity index (χ1n) is 14.6. The fourth-order valence-corrected chi connectivity index (χ4v) is 5.95. The Morgan fingerprint density at radius 2 is 1.66 bits per heavy atom. The van der Waals surface area contributed by atoms with E-state index in [1.807, 2.05) is 4.72 Å². The number of halogens is 4. The minimum atomic E-state index is -4.61. The lowest BCUT2D eigenvalue weighted by Crippen LogP contribution is -2.40.